The van der Waals surface area contributed by atoms with E-state index < -0.39 is 0 Å². The maximum Gasteiger partial charge on any atom is -0.0244 e. The van der Waals surface area contributed by atoms with E-state index in [1.165, 1.54) is 199 Å². The lowest BCUT2D eigenvalue weighted by atomic mass is 9.59. The molecule has 0 N–H and O–H groups in total. The molecule has 0 nitrogen and oxygen atoms in total. The molecule has 0 heteroatoms. The number of rotatable bonds is 19. The summed E-state index contributed by atoms with van der Waals surface area (Å²) in [6.45, 7) is 144. The first-order valence-corrected chi connectivity index (χ1v) is 52.2. The average molecular weight is 1820 g/mol. The van der Waals surface area contributed by atoms with E-state index in [0.717, 1.165) is 41.4 Å². The van der Waals surface area contributed by atoms with Crippen molar-refractivity contribution in [1.82, 2.24) is 0 Å². The van der Waals surface area contributed by atoms with Crippen molar-refractivity contribution in [1.29, 1.82) is 0 Å². The first-order valence-electron chi connectivity index (χ1n) is 52.2. The molecule has 0 saturated heterocycles. The van der Waals surface area contributed by atoms with Crippen molar-refractivity contribution >= 4 is 0 Å². The Morgan fingerprint density at radius 1 is 0.234 bits per heavy atom. The van der Waals surface area contributed by atoms with Gasteiger partial charge in [0.05, 0.1) is 0 Å². The van der Waals surface area contributed by atoms with Crippen molar-refractivity contribution in [2.75, 3.05) is 0 Å². The van der Waals surface area contributed by atoms with Crippen LogP contribution in [-0.4, -0.2) is 0 Å². The molecule has 0 bridgehead atoms. The zero-order chi connectivity index (χ0) is 97.5. The molecule has 0 aromatic rings. The molecule has 0 aromatic heterocycles. The normalized spacial score (nSPS) is 17.1. The third kappa shape index (κ3) is 84.1. The van der Waals surface area contributed by atoms with E-state index in [1.807, 2.05) is 0 Å². The minimum atomic E-state index is 0. The second-order valence-electron chi connectivity index (χ2n) is 62.9. The maximum absolute atomic E-state index is 2.44. The number of unbranched alkanes of at least 4 members (excludes halogenated alkanes) is 3. The Kier molecular flexibility index (Phi) is 79.0. The molecule has 0 spiro atoms. The zero-order valence-electron chi connectivity index (χ0n) is 97.5. The van der Waals surface area contributed by atoms with Gasteiger partial charge in [0.15, 0.2) is 0 Å². The van der Waals surface area contributed by atoms with Crippen LogP contribution in [0.3, 0.4) is 0 Å². The summed E-state index contributed by atoms with van der Waals surface area (Å²) in [5, 5.41) is 0. The van der Waals surface area contributed by atoms with E-state index >= 15 is 0 Å². The molecule has 796 valence electrons. The van der Waals surface area contributed by atoms with Crippen molar-refractivity contribution in [3.05, 3.63) is 0 Å². The van der Waals surface area contributed by atoms with Gasteiger partial charge in [-0.2, -0.15) is 0 Å². The Labute approximate surface area is 830 Å². The lowest BCUT2D eigenvalue weighted by molar-refractivity contribution is 0.0419. The molecular weight excluding hydrogens is 1540 g/mol. The number of hydrogen-bond acceptors (Lipinski definition) is 0. The van der Waals surface area contributed by atoms with Crippen molar-refractivity contribution < 1.29 is 0 Å². The largest absolute Gasteiger partial charge is 0.0776 e. The molecule has 3 saturated carbocycles. The third-order valence-electron chi connectivity index (χ3n) is 29.0. The van der Waals surface area contributed by atoms with Crippen LogP contribution in [0.5, 0.6) is 0 Å². The molecule has 3 aliphatic carbocycles. The van der Waals surface area contributed by atoms with Crippen LogP contribution in [0.15, 0.2) is 0 Å². The van der Waals surface area contributed by atoms with Crippen LogP contribution in [0.25, 0.3) is 0 Å². The second-order valence-corrected chi connectivity index (χ2v) is 62.9. The van der Waals surface area contributed by atoms with Crippen molar-refractivity contribution in [2.24, 2.45) is 155 Å². The highest BCUT2D eigenvalue weighted by molar-refractivity contribution is 4.98. The minimum Gasteiger partial charge on any atom is -0.0776 e. The van der Waals surface area contributed by atoms with Crippen LogP contribution in [0.1, 0.15) is 681 Å². The quantitative estimate of drug-likeness (QED) is 0.121. The molecule has 128 heavy (non-hydrogen) atoms. The van der Waals surface area contributed by atoms with Crippen molar-refractivity contribution in [3.8, 4) is 0 Å². The number of hydrogen-bond donors (Lipinski definition) is 0. The maximum atomic E-state index is 2.44. The summed E-state index contributed by atoms with van der Waals surface area (Å²) in [4.78, 5) is 0. The Bertz CT molecular complexity index is 2300. The van der Waals surface area contributed by atoms with Crippen LogP contribution < -0.4 is 0 Å². The standard InChI is InChI=1S/C16H32.2C14H28.3C14H30.C12H26.2C11H24.8CH4/c1-15(2,3)12-14(16(4,5)6)13-10-8-7-9-11-13;2*1-12(2,3)11-14(13(4,5)6)9-7-8-10-14;3*1-8-9-10-12(14(5,6)7)11-13(2,3)4;1-10(2,3)9-12(7,8)11(4,5)6;2*1-9(11(5,6)7)8-10(2,3)4;;;;;;;;/h13-14H,7-12H2,1-6H3;2*7-11H2,1-6H3;3*12H,8-11H2,1-7H3;9H2,1-8H3;2*9H,8H2,1-7H3;8*1H4/t14-;;;2*12-;;;;;;;;;;;;/m0..10............/s1. The van der Waals surface area contributed by atoms with E-state index in [2.05, 4.69) is 422 Å². The Morgan fingerprint density at radius 3 is 0.570 bits per heavy atom. The monoisotopic (exact) mass is 1820 g/mol. The fraction of sp³-hybridized carbons (Fsp3) is 1.00. The average Bonchev–Trinajstić information content (AvgIpc) is 1.62. The van der Waals surface area contributed by atoms with E-state index in [-0.39, 0.29) is 59.4 Å². The van der Waals surface area contributed by atoms with Crippen molar-refractivity contribution in [3.63, 3.8) is 0 Å². The molecule has 0 aromatic carbocycles. The van der Waals surface area contributed by atoms with Gasteiger partial charge in [0, 0.05) is 0 Å². The first-order chi connectivity index (χ1) is 52.2. The third-order valence-corrected chi connectivity index (χ3v) is 29.0. The summed E-state index contributed by atoms with van der Waals surface area (Å²) < 4.78 is 0. The predicted octanol–water partition coefficient (Wildman–Crippen LogP) is 49.3. The van der Waals surface area contributed by atoms with Gasteiger partial charge in [-0.1, -0.05) is 578 Å². The van der Waals surface area contributed by atoms with Crippen LogP contribution in [-0.2, 0) is 0 Å². The summed E-state index contributed by atoms with van der Waals surface area (Å²) in [5.74, 6) is 6.15. The second kappa shape index (κ2) is 63.6. The molecule has 3 unspecified atom stereocenters. The SMILES string of the molecule is C.C.C.C.C.C.C.C.CC(C)(C)CC(C)(C)C(C)(C)C.CC(C)(C)CC1(C(C)(C)C)CCCC1.CC(C)(C)CC1(C(C)(C)C)CCCC1.CC(C)(C)C[C@@H](C1CCCCC1)C(C)(C)C.CC(CC(C)(C)C)C(C)(C)C.CC(CC(C)(C)C)C(C)(C)C.CCCCC(CC(C)(C)C)C(C)(C)C.CCCC[C@@H](CC(C)(C)C)C(C)(C)C.CCCC[C@H](CC(C)(C)C)C(C)(C)C. The minimum absolute atomic E-state index is 0. The highest BCUT2D eigenvalue weighted by Gasteiger charge is 2.48. The molecular formula is C128H284. The Morgan fingerprint density at radius 2 is 0.445 bits per heavy atom. The van der Waals surface area contributed by atoms with Gasteiger partial charge in [-0.05, 0) is 258 Å². The summed E-state index contributed by atoms with van der Waals surface area (Å²) in [6.07, 6.45) is 43.5. The van der Waals surface area contributed by atoms with E-state index in [9.17, 15) is 0 Å². The molecule has 3 aliphatic rings. The molecule has 3 rings (SSSR count). The summed E-state index contributed by atoms with van der Waals surface area (Å²) in [5.41, 5.74) is 10.1. The Hall–Kier alpha value is 0. The molecule has 0 heterocycles. The fourth-order valence-electron chi connectivity index (χ4n) is 20.0. The first kappa shape index (κ1) is 159. The molecule has 0 aliphatic heterocycles. The van der Waals surface area contributed by atoms with Crippen LogP contribution in [0, 0.1) is 155 Å². The van der Waals surface area contributed by atoms with E-state index in [0.29, 0.717) is 114 Å². The van der Waals surface area contributed by atoms with Crippen LogP contribution >= 0.6 is 0 Å². The smallest absolute Gasteiger partial charge is 0.0244 e. The highest BCUT2D eigenvalue weighted by atomic mass is 14.5. The van der Waals surface area contributed by atoms with Gasteiger partial charge in [-0.3, -0.25) is 0 Å². The highest BCUT2D eigenvalue weighted by Crippen LogP contribution is 2.59. The van der Waals surface area contributed by atoms with Gasteiger partial charge < -0.3 is 0 Å². The van der Waals surface area contributed by atoms with Gasteiger partial charge in [0.1, 0.15) is 0 Å². The summed E-state index contributed by atoms with van der Waals surface area (Å²) >= 11 is 0. The van der Waals surface area contributed by atoms with E-state index in [4.69, 9.17) is 0 Å². The fourth-order valence-corrected chi connectivity index (χ4v) is 20.0. The molecule has 0 radical (unpaired) electrons. The molecule has 3 fully saturated rings. The van der Waals surface area contributed by atoms with Crippen LogP contribution in [0.4, 0.5) is 0 Å². The van der Waals surface area contributed by atoms with Gasteiger partial charge in [0.2, 0.25) is 0 Å². The topological polar surface area (TPSA) is 0 Å². The lowest BCUT2D eigenvalue weighted by Gasteiger charge is -2.46. The van der Waals surface area contributed by atoms with Gasteiger partial charge >= 0.3 is 0 Å². The Balaban J connectivity index is -0.0000000947. The van der Waals surface area contributed by atoms with Gasteiger partial charge in [-0.15, -0.1) is 0 Å². The van der Waals surface area contributed by atoms with E-state index in [1.54, 1.807) is 0 Å². The predicted molar refractivity (Wildman–Crippen MR) is 619 cm³/mol. The summed E-state index contributed by atoms with van der Waals surface area (Å²) in [6, 6.07) is 0. The van der Waals surface area contributed by atoms with Crippen molar-refractivity contribution in [2.45, 2.75) is 681 Å². The summed E-state index contributed by atoms with van der Waals surface area (Å²) in [7, 11) is 0. The molecule has 6 atom stereocenters. The van der Waals surface area contributed by atoms with Gasteiger partial charge in [-0.25, -0.2) is 0 Å². The zero-order valence-corrected chi connectivity index (χ0v) is 97.5. The lowest BCUT2D eigenvalue weighted by Crippen LogP contribution is -2.36. The molecule has 0 amide bonds. The van der Waals surface area contributed by atoms with Gasteiger partial charge in [0.25, 0.3) is 0 Å². The van der Waals surface area contributed by atoms with Crippen LogP contribution in [0.2, 0.25) is 0 Å².